The van der Waals surface area contributed by atoms with Crippen molar-refractivity contribution in [1.82, 2.24) is 4.90 Å². The van der Waals surface area contributed by atoms with Crippen LogP contribution in [0.1, 0.15) is 20.3 Å². The highest BCUT2D eigenvalue weighted by Crippen LogP contribution is 2.22. The van der Waals surface area contributed by atoms with Crippen LogP contribution in [0.3, 0.4) is 0 Å². The lowest BCUT2D eigenvalue weighted by atomic mass is 10.0. The molecule has 1 heterocycles. The molecule has 2 rings (SSSR count). The number of benzene rings is 1. The number of aliphatic hydroxyl groups is 1. The molecule has 4 nitrogen and oxygen atoms in total. The van der Waals surface area contributed by atoms with Crippen molar-refractivity contribution in [2.75, 3.05) is 18.4 Å². The highest BCUT2D eigenvalue weighted by Gasteiger charge is 2.31. The minimum atomic E-state index is -0.666. The minimum Gasteiger partial charge on any atom is -0.393 e. The summed E-state index contributed by atoms with van der Waals surface area (Å²) in [5.74, 6) is -1.51. The van der Waals surface area contributed by atoms with Crippen LogP contribution in [0.5, 0.6) is 0 Å². The van der Waals surface area contributed by atoms with Gasteiger partial charge in [-0.05, 0) is 44.9 Å². The molecule has 1 aromatic carbocycles. The summed E-state index contributed by atoms with van der Waals surface area (Å²) in [5.41, 5.74) is -0.155. The highest BCUT2D eigenvalue weighted by molar-refractivity contribution is 5.94. The normalized spacial score (nSPS) is 22.0. The number of nitrogens with zero attached hydrogens (tertiary/aromatic N) is 1. The van der Waals surface area contributed by atoms with Crippen LogP contribution < -0.4 is 5.32 Å². The summed E-state index contributed by atoms with van der Waals surface area (Å²) in [4.78, 5) is 14.1. The molecule has 6 heteroatoms. The molecular formula is C15H20F2N2O2. The molecule has 0 aliphatic carbocycles. The standard InChI is InChI=1S/C15H20F2N2O2/c1-9(19-6-5-11(8-19)10(2)20)15(21)18-14-7-12(16)3-4-13(14)17/h3-4,7,9-11,20H,5-6,8H2,1-2H3,(H,18,21). The first-order valence-electron chi connectivity index (χ1n) is 7.06. The smallest absolute Gasteiger partial charge is 0.241 e. The van der Waals surface area contributed by atoms with Gasteiger partial charge in [0.05, 0.1) is 17.8 Å². The Bertz CT molecular complexity index is 522. The van der Waals surface area contributed by atoms with E-state index < -0.39 is 23.8 Å². The number of carbonyl (C=O) groups is 1. The summed E-state index contributed by atoms with van der Waals surface area (Å²) in [6, 6.07) is 2.48. The molecule has 1 fully saturated rings. The summed E-state index contributed by atoms with van der Waals surface area (Å²) in [6.45, 7) is 4.78. The van der Waals surface area contributed by atoms with E-state index in [1.54, 1.807) is 13.8 Å². The zero-order valence-corrected chi connectivity index (χ0v) is 12.1. The van der Waals surface area contributed by atoms with Crippen molar-refractivity contribution in [3.05, 3.63) is 29.8 Å². The monoisotopic (exact) mass is 298 g/mol. The number of likely N-dealkylation sites (tertiary alicyclic amines) is 1. The van der Waals surface area contributed by atoms with Gasteiger partial charge in [0.25, 0.3) is 0 Å². The molecule has 0 aromatic heterocycles. The van der Waals surface area contributed by atoms with Crippen LogP contribution in [-0.4, -0.2) is 41.1 Å². The number of halogens is 2. The lowest BCUT2D eigenvalue weighted by Gasteiger charge is -2.24. The number of nitrogens with one attached hydrogen (secondary N) is 1. The summed E-state index contributed by atoms with van der Waals surface area (Å²) < 4.78 is 26.6. The van der Waals surface area contributed by atoms with E-state index in [1.165, 1.54) is 0 Å². The number of aliphatic hydroxyl groups excluding tert-OH is 1. The number of rotatable bonds is 4. The quantitative estimate of drug-likeness (QED) is 0.894. The van der Waals surface area contributed by atoms with Crippen LogP contribution in [0.25, 0.3) is 0 Å². The van der Waals surface area contributed by atoms with Crippen LogP contribution in [0.4, 0.5) is 14.5 Å². The minimum absolute atomic E-state index is 0.145. The van der Waals surface area contributed by atoms with Crippen molar-refractivity contribution < 1.29 is 18.7 Å². The largest absolute Gasteiger partial charge is 0.393 e. The third-order valence-corrected chi connectivity index (χ3v) is 4.05. The Hall–Kier alpha value is -1.53. The molecule has 1 amide bonds. The lowest BCUT2D eigenvalue weighted by molar-refractivity contribution is -0.120. The molecule has 0 bridgehead atoms. The highest BCUT2D eigenvalue weighted by atomic mass is 19.1. The predicted molar refractivity (Wildman–Crippen MR) is 75.8 cm³/mol. The zero-order chi connectivity index (χ0) is 15.6. The van der Waals surface area contributed by atoms with Gasteiger partial charge in [-0.15, -0.1) is 0 Å². The van der Waals surface area contributed by atoms with Crippen molar-refractivity contribution in [3.8, 4) is 0 Å². The first kappa shape index (κ1) is 15.9. The Balaban J connectivity index is 1.99. The van der Waals surface area contributed by atoms with Crippen molar-refractivity contribution in [2.45, 2.75) is 32.4 Å². The number of anilines is 1. The van der Waals surface area contributed by atoms with E-state index in [4.69, 9.17) is 0 Å². The molecule has 0 radical (unpaired) electrons. The van der Waals surface area contributed by atoms with Crippen LogP contribution in [0.2, 0.25) is 0 Å². The van der Waals surface area contributed by atoms with Gasteiger partial charge in [-0.1, -0.05) is 0 Å². The van der Waals surface area contributed by atoms with E-state index >= 15 is 0 Å². The van der Waals surface area contributed by atoms with E-state index in [-0.39, 0.29) is 17.5 Å². The number of amides is 1. The summed E-state index contributed by atoms with van der Waals surface area (Å²) in [5, 5.41) is 12.0. The van der Waals surface area contributed by atoms with Gasteiger partial charge in [0.2, 0.25) is 5.91 Å². The third kappa shape index (κ3) is 3.77. The Morgan fingerprint density at radius 3 is 2.76 bits per heavy atom. The SMILES string of the molecule is CC(O)C1CCN(C(C)C(=O)Nc2cc(F)ccc2F)C1. The van der Waals surface area contributed by atoms with E-state index in [1.807, 2.05) is 4.90 Å². The number of hydrogen-bond donors (Lipinski definition) is 2. The average molecular weight is 298 g/mol. The Morgan fingerprint density at radius 2 is 2.14 bits per heavy atom. The molecule has 0 spiro atoms. The molecule has 21 heavy (non-hydrogen) atoms. The topological polar surface area (TPSA) is 52.6 Å². The second-order valence-electron chi connectivity index (χ2n) is 5.57. The summed E-state index contributed by atoms with van der Waals surface area (Å²) >= 11 is 0. The molecule has 1 aliphatic rings. The van der Waals surface area contributed by atoms with Gasteiger partial charge in [-0.2, -0.15) is 0 Å². The molecular weight excluding hydrogens is 278 g/mol. The van der Waals surface area contributed by atoms with Crippen LogP contribution >= 0.6 is 0 Å². The van der Waals surface area contributed by atoms with Crippen molar-refractivity contribution in [1.29, 1.82) is 0 Å². The van der Waals surface area contributed by atoms with Crippen LogP contribution in [-0.2, 0) is 4.79 Å². The maximum Gasteiger partial charge on any atom is 0.241 e. The third-order valence-electron chi connectivity index (χ3n) is 4.05. The van der Waals surface area contributed by atoms with Crippen LogP contribution in [0, 0.1) is 17.6 Å². The van der Waals surface area contributed by atoms with E-state index in [0.29, 0.717) is 13.1 Å². The van der Waals surface area contributed by atoms with Crippen molar-refractivity contribution >= 4 is 11.6 Å². The maximum absolute atomic E-state index is 13.5. The fourth-order valence-corrected chi connectivity index (χ4v) is 2.56. The summed E-state index contributed by atoms with van der Waals surface area (Å²) in [7, 11) is 0. The molecule has 3 unspecified atom stereocenters. The molecule has 1 aliphatic heterocycles. The predicted octanol–water partition coefficient (Wildman–Crippen LogP) is 1.99. The molecule has 1 saturated heterocycles. The van der Waals surface area contributed by atoms with Gasteiger partial charge in [0.1, 0.15) is 11.6 Å². The van der Waals surface area contributed by atoms with E-state index in [2.05, 4.69) is 5.32 Å². The van der Waals surface area contributed by atoms with Crippen LogP contribution in [0.15, 0.2) is 18.2 Å². The average Bonchev–Trinajstić information content (AvgIpc) is 2.91. The summed E-state index contributed by atoms with van der Waals surface area (Å²) in [6.07, 6.45) is 0.412. The Morgan fingerprint density at radius 1 is 1.43 bits per heavy atom. The van der Waals surface area contributed by atoms with Gasteiger partial charge < -0.3 is 10.4 Å². The first-order chi connectivity index (χ1) is 9.88. The Kier molecular flexibility index (Phi) is 4.90. The molecule has 2 N–H and O–H groups in total. The van der Waals surface area contributed by atoms with Gasteiger partial charge in [0, 0.05) is 12.6 Å². The molecule has 0 saturated carbocycles. The van der Waals surface area contributed by atoms with E-state index in [0.717, 1.165) is 24.6 Å². The Labute approximate surface area is 122 Å². The lowest BCUT2D eigenvalue weighted by Crippen LogP contribution is -2.41. The second kappa shape index (κ2) is 6.49. The fourth-order valence-electron chi connectivity index (χ4n) is 2.56. The molecule has 3 atom stereocenters. The van der Waals surface area contributed by atoms with Gasteiger partial charge in [0.15, 0.2) is 0 Å². The maximum atomic E-state index is 13.5. The number of carbonyl (C=O) groups excluding carboxylic acids is 1. The zero-order valence-electron chi connectivity index (χ0n) is 12.1. The van der Waals surface area contributed by atoms with Crippen molar-refractivity contribution in [3.63, 3.8) is 0 Å². The van der Waals surface area contributed by atoms with Gasteiger partial charge in [-0.3, -0.25) is 9.69 Å². The number of hydrogen-bond acceptors (Lipinski definition) is 3. The second-order valence-corrected chi connectivity index (χ2v) is 5.57. The van der Waals surface area contributed by atoms with Gasteiger partial charge >= 0.3 is 0 Å². The molecule has 1 aromatic rings. The fraction of sp³-hybridized carbons (Fsp3) is 0.533. The van der Waals surface area contributed by atoms with Crippen molar-refractivity contribution in [2.24, 2.45) is 5.92 Å². The molecule has 116 valence electrons. The first-order valence-corrected chi connectivity index (χ1v) is 7.06. The van der Waals surface area contributed by atoms with E-state index in [9.17, 15) is 18.7 Å². The van der Waals surface area contributed by atoms with Gasteiger partial charge in [-0.25, -0.2) is 8.78 Å².